The van der Waals surface area contributed by atoms with Gasteiger partial charge in [0.2, 0.25) is 8.07 Å². The van der Waals surface area contributed by atoms with Crippen LogP contribution in [0.3, 0.4) is 0 Å². The van der Waals surface area contributed by atoms with Crippen LogP contribution in [0.4, 0.5) is 43.9 Å². The summed E-state index contributed by atoms with van der Waals surface area (Å²) in [6.45, 7) is 5.05. The van der Waals surface area contributed by atoms with Crippen molar-refractivity contribution in [1.29, 1.82) is 0 Å². The van der Waals surface area contributed by atoms with Gasteiger partial charge < -0.3 is 0 Å². The first-order chi connectivity index (χ1) is 9.77. The summed E-state index contributed by atoms with van der Waals surface area (Å²) in [5.74, 6) is 0. The molecule has 0 heterocycles. The van der Waals surface area contributed by atoms with Crippen molar-refractivity contribution < 1.29 is 43.9 Å². The molecule has 0 saturated heterocycles. The summed E-state index contributed by atoms with van der Waals surface area (Å²) in [5.41, 5.74) is -12.1. The summed E-state index contributed by atoms with van der Waals surface area (Å²) in [6.07, 6.45) is -12.9. The van der Waals surface area contributed by atoms with Crippen LogP contribution in [0.5, 0.6) is 0 Å². The summed E-state index contributed by atoms with van der Waals surface area (Å²) in [6, 6.07) is -3.43. The van der Waals surface area contributed by atoms with E-state index >= 15 is 0 Å². The Bertz CT molecular complexity index is 379. The number of hydrogen-bond acceptors (Lipinski definition) is 0. The van der Waals surface area contributed by atoms with Crippen LogP contribution in [-0.4, -0.2) is 39.6 Å². The fraction of sp³-hybridized carbons (Fsp3) is 1.00. The van der Waals surface area contributed by atoms with Gasteiger partial charge in [-0.3, -0.25) is 0 Å². The summed E-state index contributed by atoms with van der Waals surface area (Å²) >= 11 is 0. The molecule has 0 aromatic heterocycles. The first kappa shape index (κ1) is 22.7. The van der Waals surface area contributed by atoms with E-state index in [1.807, 2.05) is 0 Å². The summed E-state index contributed by atoms with van der Waals surface area (Å²) in [7, 11) is -8.91. The van der Waals surface area contributed by atoms with Crippen molar-refractivity contribution in [2.24, 2.45) is 0 Å². The molecule has 23 heavy (non-hydrogen) atoms. The second kappa shape index (κ2) is 6.23. The Morgan fingerprint density at radius 2 is 0.913 bits per heavy atom. The van der Waals surface area contributed by atoms with Crippen molar-refractivity contribution in [1.82, 2.24) is 0 Å². The largest absolute Gasteiger partial charge is 0.449 e. The molecule has 0 amide bonds. The van der Waals surface area contributed by atoms with Gasteiger partial charge in [-0.25, -0.2) is 17.6 Å². The van der Waals surface area contributed by atoms with Crippen LogP contribution in [0.2, 0.25) is 37.8 Å². The van der Waals surface area contributed by atoms with Gasteiger partial charge in [0.15, 0.2) is 0 Å². The van der Waals surface area contributed by atoms with Gasteiger partial charge in [-0.05, 0) is 12.1 Å². The molecule has 0 aromatic carbocycles. The highest BCUT2D eigenvalue weighted by atomic mass is 28.3. The van der Waals surface area contributed by atoms with Crippen molar-refractivity contribution in [3.8, 4) is 0 Å². The standard InChI is InChI=1S/C11H18F10Si2/c1-5-23(7-6-22(2,3)4,10(18,19)8(12,13)14)11(20,21)9(15,16)17/h5-7H2,1-4H3. The van der Waals surface area contributed by atoms with Crippen LogP contribution in [0, 0.1) is 0 Å². The van der Waals surface area contributed by atoms with E-state index in [-0.39, 0.29) is 0 Å². The van der Waals surface area contributed by atoms with Crippen LogP contribution in [0.1, 0.15) is 6.92 Å². The summed E-state index contributed by atoms with van der Waals surface area (Å²) in [5, 5.41) is 0. The van der Waals surface area contributed by atoms with Crippen molar-refractivity contribution in [2.75, 3.05) is 0 Å². The van der Waals surface area contributed by atoms with Crippen molar-refractivity contribution >= 4 is 16.1 Å². The topological polar surface area (TPSA) is 0 Å². The third-order valence-corrected chi connectivity index (χ3v) is 11.4. The molecular weight excluding hydrogens is 378 g/mol. The van der Waals surface area contributed by atoms with Crippen molar-refractivity contribution in [3.05, 3.63) is 0 Å². The molecule has 0 aromatic rings. The van der Waals surface area contributed by atoms with Gasteiger partial charge in [0.25, 0.3) is 0 Å². The smallest absolute Gasteiger partial charge is 0.201 e. The molecule has 0 atom stereocenters. The lowest BCUT2D eigenvalue weighted by atomic mass is 10.6. The predicted molar refractivity (Wildman–Crippen MR) is 71.2 cm³/mol. The first-order valence-corrected chi connectivity index (χ1v) is 12.8. The van der Waals surface area contributed by atoms with Crippen molar-refractivity contribution in [2.45, 2.75) is 68.1 Å². The maximum absolute atomic E-state index is 13.8. The monoisotopic (exact) mass is 396 g/mol. The van der Waals surface area contributed by atoms with E-state index in [4.69, 9.17) is 0 Å². The Hall–Kier alpha value is -0.266. The lowest BCUT2D eigenvalue weighted by Gasteiger charge is -2.44. The summed E-state index contributed by atoms with van der Waals surface area (Å²) in [4.78, 5) is 0. The van der Waals surface area contributed by atoms with Crippen LogP contribution in [0.25, 0.3) is 0 Å². The molecule has 140 valence electrons. The molecule has 0 saturated carbocycles. The molecule has 0 spiro atoms. The van der Waals surface area contributed by atoms with Gasteiger partial charge in [-0.2, -0.15) is 26.3 Å². The minimum absolute atomic E-state index is 0.468. The average molecular weight is 396 g/mol. The molecular formula is C11H18F10Si2. The van der Waals surface area contributed by atoms with Crippen LogP contribution >= 0.6 is 0 Å². The van der Waals surface area contributed by atoms with Gasteiger partial charge in [-0.1, -0.05) is 32.6 Å². The zero-order chi connectivity index (χ0) is 19.1. The number of rotatable bonds is 6. The van der Waals surface area contributed by atoms with E-state index < -0.39 is 57.7 Å². The highest BCUT2D eigenvalue weighted by Gasteiger charge is 2.84. The Labute approximate surface area is 129 Å². The second-order valence-corrected chi connectivity index (χ2v) is 16.9. The quantitative estimate of drug-likeness (QED) is 0.367. The fourth-order valence-corrected chi connectivity index (χ4v) is 10.3. The molecule has 0 radical (unpaired) electrons. The first-order valence-electron chi connectivity index (χ1n) is 6.66. The summed E-state index contributed by atoms with van der Waals surface area (Å²) < 4.78 is 131. The van der Waals surface area contributed by atoms with E-state index in [0.29, 0.717) is 6.92 Å². The van der Waals surface area contributed by atoms with Crippen LogP contribution < -0.4 is 0 Å². The van der Waals surface area contributed by atoms with Gasteiger partial charge in [0.05, 0.1) is 0 Å². The van der Waals surface area contributed by atoms with Gasteiger partial charge >= 0.3 is 23.4 Å². The zero-order valence-electron chi connectivity index (χ0n) is 12.9. The number of alkyl halides is 10. The molecule has 0 aliphatic heterocycles. The van der Waals surface area contributed by atoms with Gasteiger partial charge in [0.1, 0.15) is 0 Å². The highest BCUT2D eigenvalue weighted by molar-refractivity contribution is 6.87. The third-order valence-electron chi connectivity index (χ3n) is 3.82. The van der Waals surface area contributed by atoms with Gasteiger partial charge in [0, 0.05) is 8.07 Å². The molecule has 0 N–H and O–H groups in total. The fourth-order valence-electron chi connectivity index (χ4n) is 2.26. The Kier molecular flexibility index (Phi) is 6.16. The van der Waals surface area contributed by atoms with E-state index in [2.05, 4.69) is 0 Å². The maximum atomic E-state index is 13.8. The zero-order valence-corrected chi connectivity index (χ0v) is 14.9. The Balaban J connectivity index is 6.38. The number of halogens is 10. The van der Waals surface area contributed by atoms with Crippen LogP contribution in [0.15, 0.2) is 0 Å². The lowest BCUT2D eigenvalue weighted by molar-refractivity contribution is -0.276. The average Bonchev–Trinajstić information content (AvgIpc) is 2.24. The second-order valence-electron chi connectivity index (χ2n) is 6.64. The Morgan fingerprint density at radius 3 is 1.09 bits per heavy atom. The van der Waals surface area contributed by atoms with E-state index in [0.717, 1.165) is 0 Å². The molecule has 0 fully saturated rings. The SMILES string of the molecule is CC[Si](CC[Si](C)(C)C)(C(F)(F)C(F)(F)F)C(F)(F)C(F)(F)F. The molecule has 12 heteroatoms. The minimum atomic E-state index is -6.49. The molecule has 0 rings (SSSR count). The third kappa shape index (κ3) is 4.05. The number of hydrogen-bond donors (Lipinski definition) is 0. The molecule has 0 bridgehead atoms. The lowest BCUT2D eigenvalue weighted by Crippen LogP contribution is -2.74. The van der Waals surface area contributed by atoms with Crippen LogP contribution in [-0.2, 0) is 0 Å². The highest BCUT2D eigenvalue weighted by Crippen LogP contribution is 2.57. The Morgan fingerprint density at radius 1 is 0.609 bits per heavy atom. The maximum Gasteiger partial charge on any atom is 0.449 e. The van der Waals surface area contributed by atoms with E-state index in [9.17, 15) is 43.9 Å². The van der Waals surface area contributed by atoms with Gasteiger partial charge in [-0.15, -0.1) is 0 Å². The van der Waals surface area contributed by atoms with E-state index in [1.165, 1.54) is 19.6 Å². The predicted octanol–water partition coefficient (Wildman–Crippen LogP) is 6.27. The molecule has 0 aliphatic carbocycles. The normalized spacial score (nSPS) is 15.9. The minimum Gasteiger partial charge on any atom is -0.201 e. The molecule has 0 nitrogen and oxygen atoms in total. The molecule has 0 aliphatic rings. The molecule has 0 unspecified atom stereocenters. The van der Waals surface area contributed by atoms with E-state index in [1.54, 1.807) is 0 Å². The van der Waals surface area contributed by atoms with Crippen molar-refractivity contribution in [3.63, 3.8) is 0 Å².